The summed E-state index contributed by atoms with van der Waals surface area (Å²) in [6.07, 6.45) is 4.07. The Kier molecular flexibility index (Phi) is 6.53. The molecule has 0 atom stereocenters. The molecule has 2 aliphatic rings. The number of pyridine rings is 1. The molecular weight excluding hydrogens is 448 g/mol. The second kappa shape index (κ2) is 9.72. The van der Waals surface area contributed by atoms with E-state index >= 15 is 0 Å². The molecule has 1 N–H and O–H groups in total. The number of aromatic nitrogens is 1. The molecule has 0 bridgehead atoms. The number of fused-ring (bicyclic) bond motifs is 2. The standard InChI is InChI=1S/C27H29ClN4O2/c1-18-10-11-23-20(16-18)26(19-6-2-4-8-22(19)29-23)27(34)32-14-12-31(13-15-32)17-25(33)30-24-9-5-3-7-21(24)28/h3,5,7,9-11,16H,2,4,6,8,12-15,17H2,1H3,(H,30,33). The Morgan fingerprint density at radius 2 is 1.79 bits per heavy atom. The predicted octanol–water partition coefficient (Wildman–Crippen LogP) is 4.47. The second-order valence-electron chi connectivity index (χ2n) is 9.24. The van der Waals surface area contributed by atoms with Crippen molar-refractivity contribution in [3.05, 3.63) is 69.9 Å². The van der Waals surface area contributed by atoms with E-state index in [9.17, 15) is 9.59 Å². The molecule has 1 aliphatic heterocycles. The molecule has 0 saturated carbocycles. The van der Waals surface area contributed by atoms with Gasteiger partial charge in [-0.25, -0.2) is 0 Å². The second-order valence-corrected chi connectivity index (χ2v) is 9.64. The number of nitrogens with zero attached hydrogens (tertiary/aromatic N) is 3. The minimum atomic E-state index is -0.0995. The molecule has 0 spiro atoms. The maximum Gasteiger partial charge on any atom is 0.254 e. The number of benzene rings is 2. The highest BCUT2D eigenvalue weighted by atomic mass is 35.5. The van der Waals surface area contributed by atoms with E-state index in [4.69, 9.17) is 16.6 Å². The predicted molar refractivity (Wildman–Crippen MR) is 136 cm³/mol. The van der Waals surface area contributed by atoms with Gasteiger partial charge in [0.25, 0.3) is 5.91 Å². The highest BCUT2D eigenvalue weighted by molar-refractivity contribution is 6.33. The average molecular weight is 477 g/mol. The number of para-hydroxylation sites is 1. The number of halogens is 1. The summed E-state index contributed by atoms with van der Waals surface area (Å²) in [5.74, 6) is -0.00568. The molecule has 2 amide bonds. The summed E-state index contributed by atoms with van der Waals surface area (Å²) in [5.41, 5.74) is 5.72. The highest BCUT2D eigenvalue weighted by Gasteiger charge is 2.29. The minimum absolute atomic E-state index is 0.0938. The first kappa shape index (κ1) is 22.8. The fourth-order valence-electron chi connectivity index (χ4n) is 5.00. The van der Waals surface area contributed by atoms with E-state index in [1.54, 1.807) is 12.1 Å². The van der Waals surface area contributed by atoms with Gasteiger partial charge in [-0.2, -0.15) is 0 Å². The van der Waals surface area contributed by atoms with Crippen LogP contribution < -0.4 is 5.32 Å². The molecule has 2 heterocycles. The highest BCUT2D eigenvalue weighted by Crippen LogP contribution is 2.31. The topological polar surface area (TPSA) is 65.5 Å². The van der Waals surface area contributed by atoms with Crippen LogP contribution in [-0.4, -0.2) is 59.3 Å². The van der Waals surface area contributed by atoms with Crippen molar-refractivity contribution < 1.29 is 9.59 Å². The van der Waals surface area contributed by atoms with Crippen LogP contribution in [0.5, 0.6) is 0 Å². The summed E-state index contributed by atoms with van der Waals surface area (Å²) in [6.45, 7) is 4.85. The average Bonchev–Trinajstić information content (AvgIpc) is 2.84. The van der Waals surface area contributed by atoms with Crippen molar-refractivity contribution in [1.29, 1.82) is 0 Å². The van der Waals surface area contributed by atoms with Gasteiger partial charge in [-0.05, 0) is 62.4 Å². The Hall–Kier alpha value is -2.96. The third kappa shape index (κ3) is 4.65. The van der Waals surface area contributed by atoms with Gasteiger partial charge in [-0.3, -0.25) is 19.5 Å². The molecule has 5 rings (SSSR count). The first-order chi connectivity index (χ1) is 16.5. The lowest BCUT2D eigenvalue weighted by atomic mass is 9.89. The first-order valence-corrected chi connectivity index (χ1v) is 12.4. The van der Waals surface area contributed by atoms with Crippen LogP contribution in [0, 0.1) is 6.92 Å². The van der Waals surface area contributed by atoms with Crippen molar-refractivity contribution in [3.8, 4) is 0 Å². The van der Waals surface area contributed by atoms with Crippen LogP contribution in [0.3, 0.4) is 0 Å². The van der Waals surface area contributed by atoms with E-state index in [2.05, 4.69) is 29.3 Å². The maximum absolute atomic E-state index is 13.8. The van der Waals surface area contributed by atoms with E-state index < -0.39 is 0 Å². The van der Waals surface area contributed by atoms with E-state index in [1.165, 1.54) is 0 Å². The minimum Gasteiger partial charge on any atom is -0.336 e. The largest absolute Gasteiger partial charge is 0.336 e. The summed E-state index contributed by atoms with van der Waals surface area (Å²) in [4.78, 5) is 35.2. The number of hydrogen-bond donors (Lipinski definition) is 1. The third-order valence-corrected chi connectivity index (χ3v) is 7.14. The number of anilines is 1. The first-order valence-electron chi connectivity index (χ1n) is 12.0. The monoisotopic (exact) mass is 476 g/mol. The van der Waals surface area contributed by atoms with Crippen LogP contribution in [0.1, 0.15) is 40.0 Å². The zero-order valence-electron chi connectivity index (χ0n) is 19.4. The maximum atomic E-state index is 13.8. The molecular formula is C27H29ClN4O2. The molecule has 3 aromatic rings. The number of hydrogen-bond acceptors (Lipinski definition) is 4. The fourth-order valence-corrected chi connectivity index (χ4v) is 5.19. The van der Waals surface area contributed by atoms with Gasteiger partial charge >= 0.3 is 0 Å². The number of aryl methyl sites for hydroxylation is 2. The van der Waals surface area contributed by atoms with Gasteiger partial charge in [0.2, 0.25) is 5.91 Å². The molecule has 176 valence electrons. The molecule has 2 aromatic carbocycles. The SMILES string of the molecule is Cc1ccc2nc3c(c(C(=O)N4CCN(CC(=O)Nc5ccccc5Cl)CC4)c2c1)CCCC3. The van der Waals surface area contributed by atoms with Gasteiger partial charge in [-0.1, -0.05) is 35.4 Å². The van der Waals surface area contributed by atoms with Crippen LogP contribution in [-0.2, 0) is 17.6 Å². The van der Waals surface area contributed by atoms with Gasteiger partial charge in [-0.15, -0.1) is 0 Å². The van der Waals surface area contributed by atoms with E-state index in [0.717, 1.165) is 59.0 Å². The molecule has 1 aliphatic carbocycles. The molecule has 1 aromatic heterocycles. The number of nitrogens with one attached hydrogen (secondary N) is 1. The number of rotatable bonds is 4. The molecule has 34 heavy (non-hydrogen) atoms. The van der Waals surface area contributed by atoms with Crippen LogP contribution in [0.2, 0.25) is 5.02 Å². The van der Waals surface area contributed by atoms with Crippen molar-refractivity contribution in [2.75, 3.05) is 38.0 Å². The Morgan fingerprint density at radius 1 is 1.03 bits per heavy atom. The van der Waals surface area contributed by atoms with Crippen molar-refractivity contribution in [3.63, 3.8) is 0 Å². The Morgan fingerprint density at radius 3 is 2.59 bits per heavy atom. The summed E-state index contributed by atoms with van der Waals surface area (Å²) in [5, 5.41) is 4.36. The van der Waals surface area contributed by atoms with Crippen molar-refractivity contribution >= 4 is 40.0 Å². The normalized spacial score (nSPS) is 16.4. The van der Waals surface area contributed by atoms with E-state index in [-0.39, 0.29) is 18.4 Å². The summed E-state index contributed by atoms with van der Waals surface area (Å²) < 4.78 is 0. The lowest BCUT2D eigenvalue weighted by Gasteiger charge is -2.35. The van der Waals surface area contributed by atoms with Crippen LogP contribution >= 0.6 is 11.6 Å². The van der Waals surface area contributed by atoms with Gasteiger partial charge < -0.3 is 10.2 Å². The Bertz CT molecular complexity index is 1250. The molecule has 1 fully saturated rings. The third-order valence-electron chi connectivity index (χ3n) is 6.81. The van der Waals surface area contributed by atoms with Gasteiger partial charge in [0, 0.05) is 37.3 Å². The number of carbonyl (C=O) groups excluding carboxylic acids is 2. The molecule has 7 heteroatoms. The summed E-state index contributed by atoms with van der Waals surface area (Å²) in [7, 11) is 0. The van der Waals surface area contributed by atoms with Crippen molar-refractivity contribution in [2.24, 2.45) is 0 Å². The van der Waals surface area contributed by atoms with Gasteiger partial charge in [0.05, 0.1) is 28.3 Å². The van der Waals surface area contributed by atoms with E-state index in [0.29, 0.717) is 36.9 Å². The van der Waals surface area contributed by atoms with E-state index in [1.807, 2.05) is 23.1 Å². The quantitative estimate of drug-likeness (QED) is 0.603. The van der Waals surface area contributed by atoms with Crippen molar-refractivity contribution in [1.82, 2.24) is 14.8 Å². The molecule has 0 radical (unpaired) electrons. The Balaban J connectivity index is 1.29. The Labute approximate surface area is 204 Å². The number of carbonyl (C=O) groups is 2. The molecule has 0 unspecified atom stereocenters. The lowest BCUT2D eigenvalue weighted by Crippen LogP contribution is -2.50. The summed E-state index contributed by atoms with van der Waals surface area (Å²) in [6, 6.07) is 13.4. The van der Waals surface area contributed by atoms with Crippen LogP contribution in [0.25, 0.3) is 10.9 Å². The van der Waals surface area contributed by atoms with Gasteiger partial charge in [0.1, 0.15) is 0 Å². The van der Waals surface area contributed by atoms with Crippen LogP contribution in [0.4, 0.5) is 5.69 Å². The van der Waals surface area contributed by atoms with Crippen molar-refractivity contribution in [2.45, 2.75) is 32.6 Å². The zero-order valence-corrected chi connectivity index (χ0v) is 20.2. The zero-order chi connectivity index (χ0) is 23.7. The molecule has 1 saturated heterocycles. The van der Waals surface area contributed by atoms with Gasteiger partial charge in [0.15, 0.2) is 0 Å². The molecule has 6 nitrogen and oxygen atoms in total. The van der Waals surface area contributed by atoms with Crippen LogP contribution in [0.15, 0.2) is 42.5 Å². The summed E-state index contributed by atoms with van der Waals surface area (Å²) >= 11 is 6.15. The number of amides is 2. The lowest BCUT2D eigenvalue weighted by molar-refractivity contribution is -0.117. The smallest absolute Gasteiger partial charge is 0.254 e. The number of piperazine rings is 1. The fraction of sp³-hybridized carbons (Fsp3) is 0.370.